The summed E-state index contributed by atoms with van der Waals surface area (Å²) in [5.74, 6) is -0.101. The van der Waals surface area contributed by atoms with E-state index >= 15 is 0 Å². The second kappa shape index (κ2) is 8.14. The number of pyridine rings is 1. The first-order chi connectivity index (χ1) is 14.3. The number of nitrogens with one attached hydrogen (secondary N) is 1. The van der Waals surface area contributed by atoms with Crippen molar-refractivity contribution in [2.24, 2.45) is 0 Å². The van der Waals surface area contributed by atoms with E-state index in [1.165, 1.54) is 12.3 Å². The second-order valence-electron chi connectivity index (χ2n) is 7.62. The first-order valence-corrected chi connectivity index (χ1v) is 9.95. The largest absolute Gasteiger partial charge is 0.419 e. The van der Waals surface area contributed by atoms with Crippen LogP contribution < -0.4 is 10.2 Å². The van der Waals surface area contributed by atoms with Crippen LogP contribution in [0.4, 0.5) is 29.5 Å². The van der Waals surface area contributed by atoms with Crippen LogP contribution in [-0.2, 0) is 19.0 Å². The predicted octanol–water partition coefficient (Wildman–Crippen LogP) is 3.30. The molecule has 4 rings (SSSR count). The molecule has 2 N–H and O–H groups in total. The zero-order valence-electron chi connectivity index (χ0n) is 16.3. The van der Waals surface area contributed by atoms with Crippen LogP contribution in [0.3, 0.4) is 0 Å². The van der Waals surface area contributed by atoms with Crippen LogP contribution in [0, 0.1) is 0 Å². The minimum absolute atomic E-state index is 0.101. The van der Waals surface area contributed by atoms with Gasteiger partial charge in [-0.1, -0.05) is 12.1 Å². The number of benzene rings is 1. The zero-order chi connectivity index (χ0) is 21.3. The quantitative estimate of drug-likeness (QED) is 0.782. The molecule has 2 aliphatic rings. The second-order valence-corrected chi connectivity index (χ2v) is 7.62. The number of aliphatic hydroxyl groups is 1. The maximum absolute atomic E-state index is 13.3. The van der Waals surface area contributed by atoms with Gasteiger partial charge in [0.2, 0.25) is 0 Å². The molecule has 1 unspecified atom stereocenters. The molecule has 1 aromatic carbocycles. The molecule has 0 saturated carbocycles. The summed E-state index contributed by atoms with van der Waals surface area (Å²) >= 11 is 0. The van der Waals surface area contributed by atoms with Gasteiger partial charge in [0.25, 0.3) is 0 Å². The number of alkyl halides is 3. The maximum atomic E-state index is 13.3. The summed E-state index contributed by atoms with van der Waals surface area (Å²) in [6.07, 6.45) is -1.57. The van der Waals surface area contributed by atoms with Crippen LogP contribution >= 0.6 is 0 Å². The molecular weight excluding hydrogens is 397 g/mol. The van der Waals surface area contributed by atoms with Crippen LogP contribution in [0.2, 0.25) is 0 Å². The maximum Gasteiger partial charge on any atom is 0.419 e. The lowest BCUT2D eigenvalue weighted by Gasteiger charge is -2.36. The van der Waals surface area contributed by atoms with Gasteiger partial charge in [-0.25, -0.2) is 9.78 Å². The zero-order valence-corrected chi connectivity index (χ0v) is 16.3. The van der Waals surface area contributed by atoms with Gasteiger partial charge in [0.1, 0.15) is 5.82 Å². The number of aromatic nitrogens is 1. The van der Waals surface area contributed by atoms with Gasteiger partial charge in [-0.15, -0.1) is 0 Å². The predicted molar refractivity (Wildman–Crippen MR) is 107 cm³/mol. The Morgan fingerprint density at radius 3 is 2.63 bits per heavy atom. The molecule has 0 bridgehead atoms. The third-order valence-electron chi connectivity index (χ3n) is 5.66. The summed E-state index contributed by atoms with van der Waals surface area (Å²) in [7, 11) is 0. The number of hydrogen-bond donors (Lipinski definition) is 2. The number of aliphatic hydroxyl groups excluding tert-OH is 1. The Hall–Kier alpha value is -2.81. The lowest BCUT2D eigenvalue weighted by atomic mass is 9.88. The van der Waals surface area contributed by atoms with E-state index in [0.29, 0.717) is 18.5 Å². The van der Waals surface area contributed by atoms with E-state index in [0.717, 1.165) is 23.6 Å². The van der Waals surface area contributed by atoms with Gasteiger partial charge in [-0.05, 0) is 42.2 Å². The fraction of sp³-hybridized carbons (Fsp3) is 0.429. The number of anilines is 2. The van der Waals surface area contributed by atoms with E-state index in [-0.39, 0.29) is 38.0 Å². The molecule has 1 fully saturated rings. The number of nitrogens with zero attached hydrogens (tertiary/aromatic N) is 3. The number of carbonyl (C=O) groups excluding carboxylic acids is 1. The average molecular weight is 420 g/mol. The molecule has 0 spiro atoms. The van der Waals surface area contributed by atoms with Crippen molar-refractivity contribution in [3.63, 3.8) is 0 Å². The molecule has 1 aliphatic carbocycles. The van der Waals surface area contributed by atoms with Crippen LogP contribution in [0.25, 0.3) is 0 Å². The van der Waals surface area contributed by atoms with Gasteiger partial charge in [0.05, 0.1) is 11.7 Å². The molecule has 2 heterocycles. The summed E-state index contributed by atoms with van der Waals surface area (Å²) in [6.45, 7) is 1.10. The minimum atomic E-state index is -4.48. The molecule has 2 aromatic rings. The number of carbonyl (C=O) groups is 1. The van der Waals surface area contributed by atoms with Gasteiger partial charge in [0, 0.05) is 44.5 Å². The van der Waals surface area contributed by atoms with Gasteiger partial charge in [-0.2, -0.15) is 13.2 Å². The highest BCUT2D eigenvalue weighted by Crippen LogP contribution is 2.35. The Bertz CT molecular complexity index is 927. The first-order valence-electron chi connectivity index (χ1n) is 9.95. The normalized spacial score (nSPS) is 19.4. The molecule has 160 valence electrons. The molecule has 1 aromatic heterocycles. The molecule has 1 saturated heterocycles. The van der Waals surface area contributed by atoms with E-state index in [4.69, 9.17) is 0 Å². The topological polar surface area (TPSA) is 68.7 Å². The van der Waals surface area contributed by atoms with Crippen molar-refractivity contribution >= 4 is 17.5 Å². The number of urea groups is 1. The number of amides is 2. The molecule has 0 radical (unpaired) electrons. The van der Waals surface area contributed by atoms with Crippen molar-refractivity contribution in [2.75, 3.05) is 36.4 Å². The van der Waals surface area contributed by atoms with E-state index in [9.17, 15) is 23.1 Å². The Balaban J connectivity index is 1.42. The number of halogens is 3. The van der Waals surface area contributed by atoms with Gasteiger partial charge in [0.15, 0.2) is 0 Å². The molecular formula is C21H23F3N4O2. The number of hydrogen-bond acceptors (Lipinski definition) is 4. The van der Waals surface area contributed by atoms with Crippen LogP contribution in [0.1, 0.15) is 23.1 Å². The van der Waals surface area contributed by atoms with Crippen molar-refractivity contribution in [3.8, 4) is 0 Å². The lowest BCUT2D eigenvalue weighted by molar-refractivity contribution is -0.137. The summed E-state index contributed by atoms with van der Waals surface area (Å²) in [6, 6.07) is 7.70. The number of fused-ring (bicyclic) bond motifs is 1. The van der Waals surface area contributed by atoms with Crippen LogP contribution in [0.5, 0.6) is 0 Å². The van der Waals surface area contributed by atoms with Crippen molar-refractivity contribution in [3.05, 3.63) is 53.2 Å². The summed E-state index contributed by atoms with van der Waals surface area (Å²) in [5, 5.41) is 12.9. The molecule has 1 atom stereocenters. The summed E-state index contributed by atoms with van der Waals surface area (Å²) in [5.41, 5.74) is 1.99. The number of piperazine rings is 1. The third kappa shape index (κ3) is 4.21. The minimum Gasteiger partial charge on any atom is -0.393 e. The van der Waals surface area contributed by atoms with Crippen LogP contribution in [0.15, 0.2) is 36.5 Å². The fourth-order valence-electron chi connectivity index (χ4n) is 4.07. The standard InChI is InChI=1S/C21H23F3N4O2/c22-21(23,24)17-4-2-8-25-19(17)27-9-11-28(12-10-27)20(30)26-18-5-1-3-14-6-7-15(29)13-16(14)18/h1-5,8,15,29H,6-7,9-13H2,(H,26,30). The fourth-order valence-corrected chi connectivity index (χ4v) is 4.07. The van der Waals surface area contributed by atoms with Gasteiger partial charge in [-0.3, -0.25) is 0 Å². The molecule has 6 nitrogen and oxygen atoms in total. The Morgan fingerprint density at radius 2 is 1.90 bits per heavy atom. The lowest BCUT2D eigenvalue weighted by Crippen LogP contribution is -2.50. The molecule has 2 amide bonds. The van der Waals surface area contributed by atoms with E-state index in [1.54, 1.807) is 9.80 Å². The van der Waals surface area contributed by atoms with Gasteiger partial charge >= 0.3 is 12.2 Å². The highest BCUT2D eigenvalue weighted by molar-refractivity contribution is 5.90. The van der Waals surface area contributed by atoms with Crippen molar-refractivity contribution in [1.29, 1.82) is 0 Å². The Morgan fingerprint density at radius 1 is 1.13 bits per heavy atom. The highest BCUT2D eigenvalue weighted by Gasteiger charge is 2.36. The average Bonchev–Trinajstić information content (AvgIpc) is 2.73. The monoisotopic (exact) mass is 420 g/mol. The Labute approximate surface area is 172 Å². The van der Waals surface area contributed by atoms with E-state index in [2.05, 4.69) is 10.3 Å². The number of rotatable bonds is 2. The van der Waals surface area contributed by atoms with Gasteiger partial charge < -0.3 is 20.2 Å². The first kappa shape index (κ1) is 20.5. The van der Waals surface area contributed by atoms with Crippen molar-refractivity contribution in [1.82, 2.24) is 9.88 Å². The van der Waals surface area contributed by atoms with Crippen LogP contribution in [-0.4, -0.2) is 53.3 Å². The summed E-state index contributed by atoms with van der Waals surface area (Å²) < 4.78 is 39.8. The smallest absolute Gasteiger partial charge is 0.393 e. The van der Waals surface area contributed by atoms with Crippen molar-refractivity contribution < 1.29 is 23.1 Å². The number of aryl methyl sites for hydroxylation is 1. The molecule has 9 heteroatoms. The molecule has 1 aliphatic heterocycles. The molecule has 30 heavy (non-hydrogen) atoms. The summed E-state index contributed by atoms with van der Waals surface area (Å²) in [4.78, 5) is 19.8. The van der Waals surface area contributed by atoms with Crippen molar-refractivity contribution in [2.45, 2.75) is 31.5 Å². The Kier molecular flexibility index (Phi) is 5.55. The van der Waals surface area contributed by atoms with E-state index in [1.807, 2.05) is 18.2 Å². The SMILES string of the molecule is O=C(Nc1cccc2c1CC(O)CC2)N1CCN(c2ncccc2C(F)(F)F)CC1. The van der Waals surface area contributed by atoms with E-state index < -0.39 is 17.8 Å². The highest BCUT2D eigenvalue weighted by atomic mass is 19.4. The third-order valence-corrected chi connectivity index (χ3v) is 5.66.